The van der Waals surface area contributed by atoms with E-state index in [0.29, 0.717) is 11.8 Å². The Labute approximate surface area is 161 Å². The summed E-state index contributed by atoms with van der Waals surface area (Å²) in [6.45, 7) is 9.00. The Morgan fingerprint density at radius 1 is 1.07 bits per heavy atom. The van der Waals surface area contributed by atoms with Crippen molar-refractivity contribution >= 4 is 5.82 Å². The summed E-state index contributed by atoms with van der Waals surface area (Å²) in [5, 5.41) is 22.2. The Morgan fingerprint density at radius 3 is 2.30 bits per heavy atom. The SMILES string of the molecule is COc1cc(O)ccc1-c1ccc(N(C)C2CC(C)(C)NC(C)(C)C2)nn1. The molecule has 1 saturated heterocycles. The Hall–Kier alpha value is -2.34. The molecule has 1 aromatic heterocycles. The summed E-state index contributed by atoms with van der Waals surface area (Å²) in [5.41, 5.74) is 1.68. The van der Waals surface area contributed by atoms with Crippen LogP contribution in [-0.2, 0) is 0 Å². The summed E-state index contributed by atoms with van der Waals surface area (Å²) in [7, 11) is 3.67. The molecule has 0 spiro atoms. The lowest BCUT2D eigenvalue weighted by molar-refractivity contribution is 0.160. The summed E-state index contributed by atoms with van der Waals surface area (Å²) in [4.78, 5) is 2.23. The molecule has 0 unspecified atom stereocenters. The third-order valence-corrected chi connectivity index (χ3v) is 5.19. The van der Waals surface area contributed by atoms with Gasteiger partial charge in [0.05, 0.1) is 12.8 Å². The molecule has 27 heavy (non-hydrogen) atoms. The van der Waals surface area contributed by atoms with Gasteiger partial charge in [0, 0.05) is 35.8 Å². The van der Waals surface area contributed by atoms with Crippen LogP contribution in [0.25, 0.3) is 11.3 Å². The highest BCUT2D eigenvalue weighted by atomic mass is 16.5. The number of piperidine rings is 1. The number of aromatic nitrogens is 2. The van der Waals surface area contributed by atoms with Crippen LogP contribution in [0.2, 0.25) is 0 Å². The van der Waals surface area contributed by atoms with Gasteiger partial charge in [0.25, 0.3) is 0 Å². The van der Waals surface area contributed by atoms with Crippen LogP contribution >= 0.6 is 0 Å². The van der Waals surface area contributed by atoms with Gasteiger partial charge in [0.1, 0.15) is 11.5 Å². The summed E-state index contributed by atoms with van der Waals surface area (Å²) in [6.07, 6.45) is 2.09. The molecule has 2 N–H and O–H groups in total. The van der Waals surface area contributed by atoms with Crippen molar-refractivity contribution in [3.05, 3.63) is 30.3 Å². The summed E-state index contributed by atoms with van der Waals surface area (Å²) < 4.78 is 5.35. The third kappa shape index (κ3) is 4.33. The van der Waals surface area contributed by atoms with Gasteiger partial charge in [-0.2, -0.15) is 0 Å². The Balaban J connectivity index is 1.83. The van der Waals surface area contributed by atoms with Crippen LogP contribution in [0.1, 0.15) is 40.5 Å². The smallest absolute Gasteiger partial charge is 0.151 e. The van der Waals surface area contributed by atoms with E-state index >= 15 is 0 Å². The minimum atomic E-state index is 0.0768. The van der Waals surface area contributed by atoms with Gasteiger partial charge in [-0.15, -0.1) is 10.2 Å². The molecular formula is C21H30N4O2. The molecule has 6 nitrogen and oxygen atoms in total. The molecule has 6 heteroatoms. The van der Waals surface area contributed by atoms with Crippen LogP contribution in [-0.4, -0.2) is 46.6 Å². The molecule has 0 saturated carbocycles. The molecular weight excluding hydrogens is 340 g/mol. The van der Waals surface area contributed by atoms with Crippen molar-refractivity contribution in [3.63, 3.8) is 0 Å². The normalized spacial score (nSPS) is 18.9. The van der Waals surface area contributed by atoms with Crippen molar-refractivity contribution in [2.45, 2.75) is 57.7 Å². The maximum absolute atomic E-state index is 9.63. The first-order chi connectivity index (χ1) is 12.6. The fraction of sp³-hybridized carbons (Fsp3) is 0.524. The fourth-order valence-corrected chi connectivity index (χ4v) is 4.28. The monoisotopic (exact) mass is 370 g/mol. The van der Waals surface area contributed by atoms with Gasteiger partial charge in [-0.05, 0) is 64.8 Å². The molecule has 1 aliphatic rings. The second-order valence-corrected chi connectivity index (χ2v) is 8.73. The second-order valence-electron chi connectivity index (χ2n) is 8.73. The van der Waals surface area contributed by atoms with Crippen molar-refractivity contribution in [1.29, 1.82) is 0 Å². The molecule has 0 amide bonds. The molecule has 2 aromatic rings. The number of ether oxygens (including phenoxy) is 1. The average molecular weight is 370 g/mol. The van der Waals surface area contributed by atoms with Crippen molar-refractivity contribution in [2.75, 3.05) is 19.1 Å². The minimum Gasteiger partial charge on any atom is -0.508 e. The zero-order chi connectivity index (χ0) is 19.8. The fourth-order valence-electron chi connectivity index (χ4n) is 4.28. The second kappa shape index (κ2) is 7.00. The first-order valence-electron chi connectivity index (χ1n) is 9.33. The van der Waals surface area contributed by atoms with Gasteiger partial charge in [-0.25, -0.2) is 0 Å². The molecule has 146 valence electrons. The van der Waals surface area contributed by atoms with Crippen molar-refractivity contribution in [2.24, 2.45) is 0 Å². The number of nitrogens with zero attached hydrogens (tertiary/aromatic N) is 3. The number of nitrogens with one attached hydrogen (secondary N) is 1. The number of hydrogen-bond donors (Lipinski definition) is 2. The van der Waals surface area contributed by atoms with Gasteiger partial charge in [-0.3, -0.25) is 0 Å². The lowest BCUT2D eigenvalue weighted by Crippen LogP contribution is -2.62. The van der Waals surface area contributed by atoms with Gasteiger partial charge >= 0.3 is 0 Å². The van der Waals surface area contributed by atoms with Gasteiger partial charge < -0.3 is 20.1 Å². The number of methoxy groups -OCH3 is 1. The number of phenols is 1. The molecule has 0 radical (unpaired) electrons. The van der Waals surface area contributed by atoms with Crippen molar-refractivity contribution in [3.8, 4) is 22.8 Å². The van der Waals surface area contributed by atoms with E-state index in [1.165, 1.54) is 0 Å². The number of aromatic hydroxyl groups is 1. The van der Waals surface area contributed by atoms with Crippen molar-refractivity contribution in [1.82, 2.24) is 15.5 Å². The molecule has 0 bridgehead atoms. The van der Waals surface area contributed by atoms with E-state index < -0.39 is 0 Å². The van der Waals surface area contributed by atoms with E-state index in [2.05, 4.69) is 55.2 Å². The maximum atomic E-state index is 9.63. The lowest BCUT2D eigenvalue weighted by atomic mass is 9.79. The summed E-state index contributed by atoms with van der Waals surface area (Å²) in [5.74, 6) is 1.60. The summed E-state index contributed by atoms with van der Waals surface area (Å²) >= 11 is 0. The molecule has 1 fully saturated rings. The lowest BCUT2D eigenvalue weighted by Gasteiger charge is -2.49. The van der Waals surface area contributed by atoms with Crippen LogP contribution < -0.4 is 15.0 Å². The van der Waals surface area contributed by atoms with E-state index in [0.717, 1.165) is 29.9 Å². The highest BCUT2D eigenvalue weighted by Crippen LogP contribution is 2.34. The zero-order valence-corrected chi connectivity index (χ0v) is 17.1. The van der Waals surface area contributed by atoms with E-state index in [4.69, 9.17) is 4.74 Å². The molecule has 3 rings (SSSR count). The van der Waals surface area contributed by atoms with Gasteiger partial charge in [0.15, 0.2) is 5.82 Å². The van der Waals surface area contributed by atoms with Gasteiger partial charge in [-0.1, -0.05) is 0 Å². The quantitative estimate of drug-likeness (QED) is 0.857. The predicted molar refractivity (Wildman–Crippen MR) is 108 cm³/mol. The number of phenolic OH excluding ortho intramolecular Hbond substituents is 1. The molecule has 2 heterocycles. The van der Waals surface area contributed by atoms with Gasteiger partial charge in [0.2, 0.25) is 0 Å². The highest BCUT2D eigenvalue weighted by molar-refractivity contribution is 5.68. The first kappa shape index (κ1) is 19.4. The molecule has 1 aromatic carbocycles. The Bertz CT molecular complexity index is 786. The Morgan fingerprint density at radius 2 is 1.74 bits per heavy atom. The number of benzene rings is 1. The van der Waals surface area contributed by atoms with Crippen LogP contribution in [0.3, 0.4) is 0 Å². The number of hydrogen-bond acceptors (Lipinski definition) is 6. The van der Waals surface area contributed by atoms with E-state index in [1.54, 1.807) is 25.3 Å². The molecule has 0 aliphatic carbocycles. The summed E-state index contributed by atoms with van der Waals surface area (Å²) in [6, 6.07) is 9.33. The van der Waals surface area contributed by atoms with Crippen LogP contribution in [0.15, 0.2) is 30.3 Å². The largest absolute Gasteiger partial charge is 0.508 e. The first-order valence-corrected chi connectivity index (χ1v) is 9.33. The number of anilines is 1. The van der Waals surface area contributed by atoms with E-state index in [9.17, 15) is 5.11 Å². The molecule has 1 aliphatic heterocycles. The standard InChI is InChI=1S/C21H30N4O2/c1-20(2)12-14(13-21(3,4)24-20)25(5)19-10-9-17(22-23-19)16-8-7-15(26)11-18(16)27-6/h7-11,14,24,26H,12-13H2,1-6H3. The zero-order valence-electron chi connectivity index (χ0n) is 17.1. The van der Waals surface area contributed by atoms with Crippen LogP contribution in [0.5, 0.6) is 11.5 Å². The topological polar surface area (TPSA) is 70.5 Å². The predicted octanol–water partition coefficient (Wildman–Crippen LogP) is 3.60. The van der Waals surface area contributed by atoms with Crippen molar-refractivity contribution < 1.29 is 9.84 Å². The van der Waals surface area contributed by atoms with E-state index in [1.807, 2.05) is 12.1 Å². The van der Waals surface area contributed by atoms with E-state index in [-0.39, 0.29) is 16.8 Å². The van der Waals surface area contributed by atoms with Crippen LogP contribution in [0.4, 0.5) is 5.82 Å². The number of rotatable bonds is 4. The average Bonchev–Trinajstić information content (AvgIpc) is 2.58. The molecule has 0 atom stereocenters. The minimum absolute atomic E-state index is 0.0768. The highest BCUT2D eigenvalue weighted by Gasteiger charge is 2.39. The maximum Gasteiger partial charge on any atom is 0.151 e. The van der Waals surface area contributed by atoms with Crippen LogP contribution in [0, 0.1) is 0 Å². The third-order valence-electron chi connectivity index (χ3n) is 5.19. The Kier molecular flexibility index (Phi) is 5.04.